The first kappa shape index (κ1) is 9.26. The van der Waals surface area contributed by atoms with Gasteiger partial charge in [-0.15, -0.1) is 0 Å². The number of rotatable bonds is 2. The van der Waals surface area contributed by atoms with Crippen LogP contribution in [0.1, 0.15) is 19.8 Å². The first-order valence-electron chi connectivity index (χ1n) is 3.98. The summed E-state index contributed by atoms with van der Waals surface area (Å²) in [7, 11) is 1.54. The molecule has 0 saturated heterocycles. The summed E-state index contributed by atoms with van der Waals surface area (Å²) in [5.74, 6) is 0.706. The van der Waals surface area contributed by atoms with Crippen molar-refractivity contribution in [2.45, 2.75) is 19.8 Å². The molecule has 0 amide bonds. The van der Waals surface area contributed by atoms with Gasteiger partial charge in [0, 0.05) is 30.9 Å². The van der Waals surface area contributed by atoms with E-state index in [-0.39, 0.29) is 17.8 Å². The maximum absolute atomic E-state index is 11.1. The number of aliphatic hydroxyl groups is 1. The highest BCUT2D eigenvalue weighted by Gasteiger charge is 2.31. The molecule has 68 valence electrons. The predicted molar refractivity (Wildman–Crippen MR) is 44.5 cm³/mol. The molecule has 0 saturated carbocycles. The van der Waals surface area contributed by atoms with Crippen LogP contribution >= 0.6 is 0 Å². The first-order valence-corrected chi connectivity index (χ1v) is 3.98. The van der Waals surface area contributed by atoms with Gasteiger partial charge in [-0.3, -0.25) is 4.79 Å². The van der Waals surface area contributed by atoms with Gasteiger partial charge in [-0.25, -0.2) is 0 Å². The van der Waals surface area contributed by atoms with Crippen LogP contribution in [-0.4, -0.2) is 24.6 Å². The zero-order valence-corrected chi connectivity index (χ0v) is 7.46. The molecule has 0 spiro atoms. The molecule has 12 heavy (non-hydrogen) atoms. The molecule has 0 aromatic carbocycles. The van der Waals surface area contributed by atoms with Gasteiger partial charge in [0.15, 0.2) is 5.78 Å². The summed E-state index contributed by atoms with van der Waals surface area (Å²) in [6.45, 7) is 1.91. The van der Waals surface area contributed by atoms with Crippen LogP contribution in [0.5, 0.6) is 0 Å². The van der Waals surface area contributed by atoms with Gasteiger partial charge in [-0.05, 0) is 0 Å². The van der Waals surface area contributed by atoms with E-state index in [0.29, 0.717) is 18.6 Å². The van der Waals surface area contributed by atoms with Crippen LogP contribution in [-0.2, 0) is 9.53 Å². The van der Waals surface area contributed by atoms with Crippen LogP contribution in [0.2, 0.25) is 0 Å². The standard InChI is InChI=1S/C9H14O3/c1-9(6-10)4-7(11)3-8(5-9)12-2/h3,10H,4-6H2,1-2H3. The zero-order chi connectivity index (χ0) is 9.19. The second kappa shape index (κ2) is 3.27. The molecule has 1 aliphatic carbocycles. The van der Waals surface area contributed by atoms with Gasteiger partial charge in [0.25, 0.3) is 0 Å². The molecule has 0 fully saturated rings. The molecular weight excluding hydrogens is 156 g/mol. The number of ether oxygens (including phenoxy) is 1. The third kappa shape index (κ3) is 1.85. The van der Waals surface area contributed by atoms with Crippen LogP contribution in [0.25, 0.3) is 0 Å². The highest BCUT2D eigenvalue weighted by atomic mass is 16.5. The number of carbonyl (C=O) groups is 1. The third-order valence-electron chi connectivity index (χ3n) is 2.17. The summed E-state index contributed by atoms with van der Waals surface area (Å²) in [6, 6.07) is 0. The van der Waals surface area contributed by atoms with Crippen LogP contribution in [0.3, 0.4) is 0 Å². The SMILES string of the molecule is COC1=CC(=O)CC(C)(CO)C1. The molecule has 1 unspecified atom stereocenters. The van der Waals surface area contributed by atoms with Gasteiger partial charge in [-0.2, -0.15) is 0 Å². The quantitative estimate of drug-likeness (QED) is 0.669. The van der Waals surface area contributed by atoms with Crippen LogP contribution in [0, 0.1) is 5.41 Å². The van der Waals surface area contributed by atoms with Crippen LogP contribution in [0.4, 0.5) is 0 Å². The lowest BCUT2D eigenvalue weighted by Crippen LogP contribution is -2.29. The summed E-state index contributed by atoms with van der Waals surface area (Å²) < 4.78 is 4.99. The third-order valence-corrected chi connectivity index (χ3v) is 2.17. The van der Waals surface area contributed by atoms with Crippen molar-refractivity contribution >= 4 is 5.78 Å². The highest BCUT2D eigenvalue weighted by Crippen LogP contribution is 2.33. The van der Waals surface area contributed by atoms with E-state index in [1.54, 1.807) is 7.11 Å². The van der Waals surface area contributed by atoms with E-state index in [9.17, 15) is 4.79 Å². The molecule has 0 aliphatic heterocycles. The lowest BCUT2D eigenvalue weighted by molar-refractivity contribution is -0.118. The number of allylic oxidation sites excluding steroid dienone is 2. The van der Waals surface area contributed by atoms with Crippen molar-refractivity contribution in [1.82, 2.24) is 0 Å². The summed E-state index contributed by atoms with van der Waals surface area (Å²) in [4.78, 5) is 11.1. The van der Waals surface area contributed by atoms with Gasteiger partial charge in [0.05, 0.1) is 12.9 Å². The Hall–Kier alpha value is -0.830. The van der Waals surface area contributed by atoms with E-state index in [2.05, 4.69) is 0 Å². The molecule has 3 nitrogen and oxygen atoms in total. The van der Waals surface area contributed by atoms with Crippen molar-refractivity contribution in [1.29, 1.82) is 0 Å². The van der Waals surface area contributed by atoms with Crippen molar-refractivity contribution in [2.24, 2.45) is 5.41 Å². The smallest absolute Gasteiger partial charge is 0.159 e. The molecule has 0 radical (unpaired) electrons. The number of hydrogen-bond acceptors (Lipinski definition) is 3. The maximum Gasteiger partial charge on any atom is 0.159 e. The minimum Gasteiger partial charge on any atom is -0.501 e. The van der Waals surface area contributed by atoms with E-state index < -0.39 is 0 Å². The Morgan fingerprint density at radius 2 is 2.33 bits per heavy atom. The highest BCUT2D eigenvalue weighted by molar-refractivity contribution is 5.91. The normalized spacial score (nSPS) is 29.9. The molecule has 1 aliphatic rings. The Labute approximate surface area is 72.0 Å². The summed E-state index contributed by atoms with van der Waals surface area (Å²) in [5, 5.41) is 9.05. The molecule has 0 heterocycles. The predicted octanol–water partition coefficient (Wildman–Crippen LogP) is 0.878. The summed E-state index contributed by atoms with van der Waals surface area (Å²) in [6.07, 6.45) is 2.57. The van der Waals surface area contributed by atoms with Crippen molar-refractivity contribution in [3.63, 3.8) is 0 Å². The molecular formula is C9H14O3. The largest absolute Gasteiger partial charge is 0.501 e. The number of carbonyl (C=O) groups excluding carboxylic acids is 1. The van der Waals surface area contributed by atoms with Crippen molar-refractivity contribution in [2.75, 3.05) is 13.7 Å². The van der Waals surface area contributed by atoms with E-state index in [4.69, 9.17) is 9.84 Å². The average molecular weight is 170 g/mol. The van der Waals surface area contributed by atoms with Gasteiger partial charge >= 0.3 is 0 Å². The van der Waals surface area contributed by atoms with Crippen LogP contribution in [0.15, 0.2) is 11.8 Å². The molecule has 1 atom stereocenters. The molecule has 0 aromatic rings. The molecule has 1 rings (SSSR count). The second-order valence-corrected chi connectivity index (χ2v) is 3.60. The van der Waals surface area contributed by atoms with Gasteiger partial charge in [0.1, 0.15) is 0 Å². The molecule has 0 aromatic heterocycles. The number of hydrogen-bond donors (Lipinski definition) is 1. The van der Waals surface area contributed by atoms with E-state index in [0.717, 1.165) is 0 Å². The summed E-state index contributed by atoms with van der Waals surface area (Å²) >= 11 is 0. The Morgan fingerprint density at radius 3 is 2.83 bits per heavy atom. The maximum atomic E-state index is 11.1. The number of methoxy groups -OCH3 is 1. The molecule has 1 N–H and O–H groups in total. The lowest BCUT2D eigenvalue weighted by Gasteiger charge is -2.29. The fourth-order valence-electron chi connectivity index (χ4n) is 1.43. The van der Waals surface area contributed by atoms with Crippen molar-refractivity contribution < 1.29 is 14.6 Å². The number of ketones is 1. The van der Waals surface area contributed by atoms with Crippen molar-refractivity contribution in [3.05, 3.63) is 11.8 Å². The topological polar surface area (TPSA) is 46.5 Å². The van der Waals surface area contributed by atoms with Crippen LogP contribution < -0.4 is 0 Å². The van der Waals surface area contributed by atoms with Gasteiger partial charge in [0.2, 0.25) is 0 Å². The Bertz CT molecular complexity index is 220. The van der Waals surface area contributed by atoms with E-state index >= 15 is 0 Å². The minimum absolute atomic E-state index is 0.0272. The molecule has 3 heteroatoms. The minimum atomic E-state index is -0.322. The first-order chi connectivity index (χ1) is 5.59. The van der Waals surface area contributed by atoms with Crippen molar-refractivity contribution in [3.8, 4) is 0 Å². The van der Waals surface area contributed by atoms with E-state index in [1.165, 1.54) is 6.08 Å². The zero-order valence-electron chi connectivity index (χ0n) is 7.46. The Morgan fingerprint density at radius 1 is 1.67 bits per heavy atom. The monoisotopic (exact) mass is 170 g/mol. The second-order valence-electron chi connectivity index (χ2n) is 3.60. The van der Waals surface area contributed by atoms with Gasteiger partial charge < -0.3 is 9.84 Å². The Kier molecular flexibility index (Phi) is 2.52. The fourth-order valence-corrected chi connectivity index (χ4v) is 1.43. The molecule has 0 bridgehead atoms. The average Bonchev–Trinajstić information content (AvgIpc) is 2.03. The Balaban J connectivity index is 2.79. The fraction of sp³-hybridized carbons (Fsp3) is 0.667. The number of aliphatic hydroxyl groups excluding tert-OH is 1. The lowest BCUT2D eigenvalue weighted by atomic mass is 9.78. The van der Waals surface area contributed by atoms with E-state index in [1.807, 2.05) is 6.92 Å². The van der Waals surface area contributed by atoms with Gasteiger partial charge in [-0.1, -0.05) is 6.92 Å². The summed E-state index contributed by atoms with van der Waals surface area (Å²) in [5.41, 5.74) is -0.322.